The van der Waals surface area contributed by atoms with Crippen LogP contribution in [-0.4, -0.2) is 60.4 Å². The van der Waals surface area contributed by atoms with E-state index in [2.05, 4.69) is 0 Å². The van der Waals surface area contributed by atoms with E-state index in [9.17, 15) is 9.59 Å². The van der Waals surface area contributed by atoms with Gasteiger partial charge in [-0.05, 0) is 38.0 Å². The zero-order chi connectivity index (χ0) is 20.0. The molecular formula is C21H29NO6. The third-order valence-corrected chi connectivity index (χ3v) is 5.39. The van der Waals surface area contributed by atoms with Crippen LogP contribution in [-0.2, 0) is 9.53 Å². The Bertz CT molecular complexity index is 696. The summed E-state index contributed by atoms with van der Waals surface area (Å²) in [5.41, 5.74) is 0.300. The maximum absolute atomic E-state index is 13.1. The second-order valence-corrected chi connectivity index (χ2v) is 7.45. The first-order valence-corrected chi connectivity index (χ1v) is 10.1. The number of rotatable bonds is 6. The van der Waals surface area contributed by atoms with Gasteiger partial charge in [0.1, 0.15) is 0 Å². The highest BCUT2D eigenvalue weighted by atomic mass is 16.5. The number of hydrogen-bond acceptors (Lipinski definition) is 5. The van der Waals surface area contributed by atoms with Crippen LogP contribution >= 0.6 is 0 Å². The summed E-state index contributed by atoms with van der Waals surface area (Å²) in [7, 11) is 0. The number of carboxylic acid groups (broad SMARTS) is 1. The molecule has 0 bridgehead atoms. The molecule has 1 aromatic carbocycles. The molecule has 1 saturated heterocycles. The number of aliphatic carboxylic acids is 1. The number of morpholine rings is 1. The van der Waals surface area contributed by atoms with E-state index < -0.39 is 12.6 Å². The zero-order valence-corrected chi connectivity index (χ0v) is 16.4. The predicted octanol–water partition coefficient (Wildman–Crippen LogP) is 3.11. The molecule has 1 saturated carbocycles. The van der Waals surface area contributed by atoms with Crippen molar-refractivity contribution in [1.29, 1.82) is 0 Å². The molecule has 1 spiro atoms. The van der Waals surface area contributed by atoms with Crippen LogP contribution in [0.5, 0.6) is 11.5 Å². The van der Waals surface area contributed by atoms with E-state index in [4.69, 9.17) is 19.3 Å². The van der Waals surface area contributed by atoms with Crippen LogP contribution in [0, 0.1) is 0 Å². The SMILES string of the molecule is CCOc1cc(C(=O)N2CCOC3(CCCCCC3)C2)ccc1OCC(=O)O. The number of nitrogens with zero attached hydrogens (tertiary/aromatic N) is 1. The van der Waals surface area contributed by atoms with Crippen molar-refractivity contribution in [3.05, 3.63) is 23.8 Å². The fraction of sp³-hybridized carbons (Fsp3) is 0.619. The van der Waals surface area contributed by atoms with E-state index in [1.165, 1.54) is 12.8 Å². The van der Waals surface area contributed by atoms with Gasteiger partial charge in [0.25, 0.3) is 5.91 Å². The van der Waals surface area contributed by atoms with Crippen molar-refractivity contribution in [2.75, 3.05) is 32.9 Å². The summed E-state index contributed by atoms with van der Waals surface area (Å²) in [6.45, 7) is 3.51. The third kappa shape index (κ3) is 4.95. The van der Waals surface area contributed by atoms with Crippen molar-refractivity contribution in [3.63, 3.8) is 0 Å². The highest BCUT2D eigenvalue weighted by molar-refractivity contribution is 5.95. The summed E-state index contributed by atoms with van der Waals surface area (Å²) < 4.78 is 17.0. The molecule has 7 heteroatoms. The Hall–Kier alpha value is -2.28. The number of carboxylic acids is 1. The molecule has 1 aliphatic carbocycles. The van der Waals surface area contributed by atoms with Gasteiger partial charge in [0, 0.05) is 12.1 Å². The standard InChI is InChI=1S/C21H29NO6/c1-2-26-18-13-16(7-8-17(18)27-14-19(23)24)20(25)22-11-12-28-21(15-22)9-5-3-4-6-10-21/h7-8,13H,2-6,9-12,14-15H2,1H3,(H,23,24). The molecular weight excluding hydrogens is 362 g/mol. The summed E-state index contributed by atoms with van der Waals surface area (Å²) >= 11 is 0. The summed E-state index contributed by atoms with van der Waals surface area (Å²) in [5.74, 6) is -0.419. The fourth-order valence-corrected chi connectivity index (χ4v) is 4.04. The lowest BCUT2D eigenvalue weighted by atomic mass is 9.92. The number of ether oxygens (including phenoxy) is 3. The molecule has 2 fully saturated rings. The summed E-state index contributed by atoms with van der Waals surface area (Å²) in [4.78, 5) is 25.8. The molecule has 1 aromatic rings. The topological polar surface area (TPSA) is 85.3 Å². The average molecular weight is 391 g/mol. The smallest absolute Gasteiger partial charge is 0.341 e. The lowest BCUT2D eigenvalue weighted by Gasteiger charge is -2.42. The Morgan fingerprint density at radius 1 is 1.14 bits per heavy atom. The van der Waals surface area contributed by atoms with Crippen LogP contribution in [0.25, 0.3) is 0 Å². The number of hydrogen-bond donors (Lipinski definition) is 1. The lowest BCUT2D eigenvalue weighted by molar-refractivity contribution is -0.139. The van der Waals surface area contributed by atoms with E-state index in [-0.39, 0.29) is 11.5 Å². The van der Waals surface area contributed by atoms with E-state index >= 15 is 0 Å². The number of carbonyl (C=O) groups excluding carboxylic acids is 1. The van der Waals surface area contributed by atoms with Gasteiger partial charge in [0.15, 0.2) is 18.1 Å². The Balaban J connectivity index is 1.75. The summed E-state index contributed by atoms with van der Waals surface area (Å²) in [6, 6.07) is 4.90. The van der Waals surface area contributed by atoms with Gasteiger partial charge in [-0.1, -0.05) is 25.7 Å². The quantitative estimate of drug-likeness (QED) is 0.802. The van der Waals surface area contributed by atoms with Crippen molar-refractivity contribution in [2.45, 2.75) is 51.0 Å². The van der Waals surface area contributed by atoms with Crippen molar-refractivity contribution >= 4 is 11.9 Å². The molecule has 1 aliphatic heterocycles. The van der Waals surface area contributed by atoms with E-state index in [0.717, 1.165) is 25.7 Å². The molecule has 1 heterocycles. The van der Waals surface area contributed by atoms with Crippen LogP contribution in [0.4, 0.5) is 0 Å². The number of benzene rings is 1. The highest BCUT2D eigenvalue weighted by Gasteiger charge is 2.38. The molecule has 0 aromatic heterocycles. The van der Waals surface area contributed by atoms with Crippen molar-refractivity contribution in [3.8, 4) is 11.5 Å². The molecule has 154 valence electrons. The van der Waals surface area contributed by atoms with Gasteiger partial charge in [-0.2, -0.15) is 0 Å². The van der Waals surface area contributed by atoms with E-state index in [1.807, 2.05) is 11.8 Å². The van der Waals surface area contributed by atoms with Crippen LogP contribution in [0.2, 0.25) is 0 Å². The largest absolute Gasteiger partial charge is 0.490 e. The number of amides is 1. The van der Waals surface area contributed by atoms with Gasteiger partial charge >= 0.3 is 5.97 Å². The molecule has 0 atom stereocenters. The Labute approximate surface area is 165 Å². The minimum Gasteiger partial charge on any atom is -0.490 e. The van der Waals surface area contributed by atoms with Crippen molar-refractivity contribution < 1.29 is 28.9 Å². The van der Waals surface area contributed by atoms with Crippen LogP contribution < -0.4 is 9.47 Å². The maximum Gasteiger partial charge on any atom is 0.341 e. The Morgan fingerprint density at radius 2 is 1.89 bits per heavy atom. The molecule has 1 N–H and O–H groups in total. The predicted molar refractivity (Wildman–Crippen MR) is 103 cm³/mol. The van der Waals surface area contributed by atoms with Crippen LogP contribution in [0.3, 0.4) is 0 Å². The monoisotopic (exact) mass is 391 g/mol. The first-order chi connectivity index (χ1) is 13.5. The third-order valence-electron chi connectivity index (χ3n) is 5.39. The molecule has 0 unspecified atom stereocenters. The fourth-order valence-electron chi connectivity index (χ4n) is 4.04. The second kappa shape index (κ2) is 9.28. The molecule has 3 rings (SSSR count). The Kier molecular flexibility index (Phi) is 6.78. The van der Waals surface area contributed by atoms with Crippen molar-refractivity contribution in [2.24, 2.45) is 0 Å². The van der Waals surface area contributed by atoms with E-state index in [1.54, 1.807) is 18.2 Å². The molecule has 28 heavy (non-hydrogen) atoms. The van der Waals surface area contributed by atoms with Gasteiger partial charge in [0.2, 0.25) is 0 Å². The minimum absolute atomic E-state index is 0.0577. The Morgan fingerprint density at radius 3 is 2.57 bits per heavy atom. The summed E-state index contributed by atoms with van der Waals surface area (Å²) in [5, 5.41) is 8.81. The first kappa shape index (κ1) is 20.5. The van der Waals surface area contributed by atoms with Crippen LogP contribution in [0.15, 0.2) is 18.2 Å². The highest BCUT2D eigenvalue weighted by Crippen LogP contribution is 2.34. The van der Waals surface area contributed by atoms with Gasteiger partial charge in [-0.3, -0.25) is 4.79 Å². The van der Waals surface area contributed by atoms with Gasteiger partial charge in [-0.25, -0.2) is 4.79 Å². The normalized spacial score (nSPS) is 19.1. The minimum atomic E-state index is -1.07. The van der Waals surface area contributed by atoms with Crippen LogP contribution in [0.1, 0.15) is 55.8 Å². The molecule has 7 nitrogen and oxygen atoms in total. The molecule has 0 radical (unpaired) electrons. The zero-order valence-electron chi connectivity index (χ0n) is 16.4. The maximum atomic E-state index is 13.1. The van der Waals surface area contributed by atoms with Gasteiger partial charge < -0.3 is 24.2 Å². The summed E-state index contributed by atoms with van der Waals surface area (Å²) in [6.07, 6.45) is 6.76. The molecule has 2 aliphatic rings. The lowest BCUT2D eigenvalue weighted by Crippen LogP contribution is -2.53. The second-order valence-electron chi connectivity index (χ2n) is 7.45. The van der Waals surface area contributed by atoms with Gasteiger partial charge in [-0.15, -0.1) is 0 Å². The van der Waals surface area contributed by atoms with Crippen molar-refractivity contribution in [1.82, 2.24) is 4.90 Å². The molecule has 1 amide bonds. The van der Waals surface area contributed by atoms with E-state index in [0.29, 0.717) is 43.4 Å². The number of carbonyl (C=O) groups is 2. The van der Waals surface area contributed by atoms with Gasteiger partial charge in [0.05, 0.1) is 25.4 Å². The first-order valence-electron chi connectivity index (χ1n) is 10.1. The average Bonchev–Trinajstić information content (AvgIpc) is 2.92.